The van der Waals surface area contributed by atoms with Gasteiger partial charge >= 0.3 is 0 Å². The van der Waals surface area contributed by atoms with E-state index < -0.39 is 0 Å². The molecule has 0 amide bonds. The van der Waals surface area contributed by atoms with E-state index in [1.807, 2.05) is 30.3 Å². The fraction of sp³-hybridized carbons (Fsp3) is 0.200. The van der Waals surface area contributed by atoms with Crippen molar-refractivity contribution in [1.82, 2.24) is 0 Å². The summed E-state index contributed by atoms with van der Waals surface area (Å²) in [5, 5.41) is 13.5. The van der Waals surface area contributed by atoms with Crippen LogP contribution in [0.5, 0.6) is 0 Å². The molecule has 0 aliphatic rings. The zero-order chi connectivity index (χ0) is 14.5. The van der Waals surface area contributed by atoms with Gasteiger partial charge in [-0.2, -0.15) is 0 Å². The number of benzene rings is 2. The van der Waals surface area contributed by atoms with Gasteiger partial charge < -0.3 is 16.2 Å². The van der Waals surface area contributed by atoms with Crippen LogP contribution in [-0.4, -0.2) is 17.8 Å². The largest absolute Gasteiger partial charge is 0.397 e. The molecule has 0 bridgehead atoms. The highest BCUT2D eigenvalue weighted by Gasteiger charge is 2.12. The molecule has 0 saturated carbocycles. The van der Waals surface area contributed by atoms with Crippen LogP contribution in [-0.2, 0) is 6.42 Å². The van der Waals surface area contributed by atoms with Crippen LogP contribution in [0.25, 0.3) is 0 Å². The van der Waals surface area contributed by atoms with E-state index in [1.165, 1.54) is 0 Å². The third kappa shape index (κ3) is 3.79. The van der Waals surface area contributed by atoms with Crippen LogP contribution in [0.15, 0.2) is 42.5 Å². The van der Waals surface area contributed by atoms with Gasteiger partial charge in [-0.3, -0.25) is 0 Å². The van der Waals surface area contributed by atoms with E-state index in [9.17, 15) is 5.11 Å². The van der Waals surface area contributed by atoms with Gasteiger partial charge in [0.2, 0.25) is 0 Å². The number of nitrogen functional groups attached to an aromatic ring is 1. The molecule has 0 saturated heterocycles. The lowest BCUT2D eigenvalue weighted by Crippen LogP contribution is -2.26. The smallest absolute Gasteiger partial charge is 0.0636 e. The summed E-state index contributed by atoms with van der Waals surface area (Å²) >= 11 is 11.9. The maximum Gasteiger partial charge on any atom is 0.0636 e. The molecule has 2 rings (SSSR count). The summed E-state index contributed by atoms with van der Waals surface area (Å²) in [7, 11) is 0. The van der Waals surface area contributed by atoms with Crippen molar-refractivity contribution in [2.24, 2.45) is 0 Å². The van der Waals surface area contributed by atoms with Crippen LogP contribution in [0, 0.1) is 0 Å². The maximum atomic E-state index is 9.50. The molecule has 3 nitrogen and oxygen atoms in total. The SMILES string of the molecule is Nc1cc(Cl)c(Cl)cc1NC(CO)Cc1ccccc1. The molecule has 5 heteroatoms. The Morgan fingerprint density at radius 1 is 1.10 bits per heavy atom. The molecule has 0 aromatic heterocycles. The quantitative estimate of drug-likeness (QED) is 0.740. The lowest BCUT2D eigenvalue weighted by atomic mass is 10.1. The van der Waals surface area contributed by atoms with Crippen LogP contribution < -0.4 is 11.1 Å². The van der Waals surface area contributed by atoms with Gasteiger partial charge in [-0.25, -0.2) is 0 Å². The predicted molar refractivity (Wildman–Crippen MR) is 85.5 cm³/mol. The summed E-state index contributed by atoms with van der Waals surface area (Å²) in [5.74, 6) is 0. The predicted octanol–water partition coefficient (Wildman–Crippen LogP) is 3.59. The molecule has 0 heterocycles. The minimum atomic E-state index is -0.142. The Labute approximate surface area is 128 Å². The molecule has 0 radical (unpaired) electrons. The number of nitrogens with one attached hydrogen (secondary N) is 1. The number of rotatable bonds is 5. The normalized spacial score (nSPS) is 12.2. The van der Waals surface area contributed by atoms with Crippen LogP contribution in [0.2, 0.25) is 10.0 Å². The van der Waals surface area contributed by atoms with Crippen molar-refractivity contribution < 1.29 is 5.11 Å². The monoisotopic (exact) mass is 310 g/mol. The first-order valence-electron chi connectivity index (χ1n) is 6.26. The van der Waals surface area contributed by atoms with E-state index in [2.05, 4.69) is 5.32 Å². The third-order valence-corrected chi connectivity index (χ3v) is 3.72. The van der Waals surface area contributed by atoms with Gasteiger partial charge in [-0.1, -0.05) is 53.5 Å². The van der Waals surface area contributed by atoms with E-state index >= 15 is 0 Å². The van der Waals surface area contributed by atoms with Crippen molar-refractivity contribution in [2.75, 3.05) is 17.7 Å². The highest BCUT2D eigenvalue weighted by atomic mass is 35.5. The van der Waals surface area contributed by atoms with Crippen molar-refractivity contribution in [1.29, 1.82) is 0 Å². The molecular weight excluding hydrogens is 295 g/mol. The molecule has 106 valence electrons. The number of hydrogen-bond donors (Lipinski definition) is 3. The average Bonchev–Trinajstić information content (AvgIpc) is 2.45. The fourth-order valence-corrected chi connectivity index (χ4v) is 2.30. The zero-order valence-electron chi connectivity index (χ0n) is 10.8. The van der Waals surface area contributed by atoms with E-state index in [4.69, 9.17) is 28.9 Å². The third-order valence-electron chi connectivity index (χ3n) is 3.00. The van der Waals surface area contributed by atoms with Gasteiger partial charge in [-0.05, 0) is 24.1 Å². The zero-order valence-corrected chi connectivity index (χ0v) is 12.3. The summed E-state index contributed by atoms with van der Waals surface area (Å²) in [4.78, 5) is 0. The molecule has 20 heavy (non-hydrogen) atoms. The molecular formula is C15H16Cl2N2O. The number of anilines is 2. The van der Waals surface area contributed by atoms with Crippen molar-refractivity contribution >= 4 is 34.6 Å². The Morgan fingerprint density at radius 3 is 2.40 bits per heavy atom. The van der Waals surface area contributed by atoms with Crippen LogP contribution >= 0.6 is 23.2 Å². The molecule has 2 aromatic carbocycles. The summed E-state index contributed by atoms with van der Waals surface area (Å²) in [6, 6.07) is 13.1. The molecule has 0 aliphatic carbocycles. The van der Waals surface area contributed by atoms with Gasteiger partial charge in [0, 0.05) is 0 Å². The van der Waals surface area contributed by atoms with Crippen LogP contribution in [0.3, 0.4) is 0 Å². The summed E-state index contributed by atoms with van der Waals surface area (Å²) in [6.45, 7) is -0.00538. The van der Waals surface area contributed by atoms with Crippen molar-refractivity contribution in [2.45, 2.75) is 12.5 Å². The first kappa shape index (κ1) is 15.0. The lowest BCUT2D eigenvalue weighted by Gasteiger charge is -2.19. The average molecular weight is 311 g/mol. The second-order valence-corrected chi connectivity index (χ2v) is 5.38. The summed E-state index contributed by atoms with van der Waals surface area (Å²) in [5.41, 5.74) is 8.22. The highest BCUT2D eigenvalue weighted by Crippen LogP contribution is 2.31. The lowest BCUT2D eigenvalue weighted by molar-refractivity contribution is 0.274. The van der Waals surface area contributed by atoms with Gasteiger partial charge in [0.25, 0.3) is 0 Å². The molecule has 0 fully saturated rings. The molecule has 2 aromatic rings. The van der Waals surface area contributed by atoms with Gasteiger partial charge in [0.1, 0.15) is 0 Å². The molecule has 0 spiro atoms. The van der Waals surface area contributed by atoms with Crippen LogP contribution in [0.1, 0.15) is 5.56 Å². The first-order chi connectivity index (χ1) is 9.60. The van der Waals surface area contributed by atoms with Crippen molar-refractivity contribution in [3.05, 3.63) is 58.1 Å². The molecule has 0 aliphatic heterocycles. The Morgan fingerprint density at radius 2 is 1.75 bits per heavy atom. The topological polar surface area (TPSA) is 58.3 Å². The summed E-state index contributed by atoms with van der Waals surface area (Å²) < 4.78 is 0. The number of aliphatic hydroxyl groups is 1. The Hall–Kier alpha value is -1.42. The van der Waals surface area contributed by atoms with E-state index in [-0.39, 0.29) is 12.6 Å². The van der Waals surface area contributed by atoms with Crippen molar-refractivity contribution in [3.8, 4) is 0 Å². The molecule has 1 atom stereocenters. The second kappa shape index (κ2) is 6.84. The van der Waals surface area contributed by atoms with Crippen LogP contribution in [0.4, 0.5) is 11.4 Å². The van der Waals surface area contributed by atoms with Gasteiger partial charge in [-0.15, -0.1) is 0 Å². The second-order valence-electron chi connectivity index (χ2n) is 4.57. The Bertz CT molecular complexity index is 576. The standard InChI is InChI=1S/C15H16Cl2N2O/c16-12-7-14(18)15(8-13(12)17)19-11(9-20)6-10-4-2-1-3-5-10/h1-5,7-8,11,19-20H,6,9,18H2. The van der Waals surface area contributed by atoms with Gasteiger partial charge in [0.15, 0.2) is 0 Å². The Kier molecular flexibility index (Phi) is 5.12. The van der Waals surface area contributed by atoms with Gasteiger partial charge in [0.05, 0.1) is 34.1 Å². The summed E-state index contributed by atoms with van der Waals surface area (Å²) in [6.07, 6.45) is 0.691. The number of aliphatic hydroxyl groups excluding tert-OH is 1. The van der Waals surface area contributed by atoms with E-state index in [0.717, 1.165) is 5.56 Å². The van der Waals surface area contributed by atoms with Crippen molar-refractivity contribution in [3.63, 3.8) is 0 Å². The number of hydrogen-bond acceptors (Lipinski definition) is 3. The van der Waals surface area contributed by atoms with E-state index in [1.54, 1.807) is 12.1 Å². The van der Waals surface area contributed by atoms with E-state index in [0.29, 0.717) is 27.8 Å². The number of nitrogens with two attached hydrogens (primary N) is 1. The molecule has 4 N–H and O–H groups in total. The Balaban J connectivity index is 2.12. The fourth-order valence-electron chi connectivity index (χ4n) is 1.97. The minimum absolute atomic E-state index is 0.00538. The number of halogens is 2. The highest BCUT2D eigenvalue weighted by molar-refractivity contribution is 6.42. The minimum Gasteiger partial charge on any atom is -0.397 e. The molecule has 1 unspecified atom stereocenters. The maximum absolute atomic E-state index is 9.50. The first-order valence-corrected chi connectivity index (χ1v) is 7.01.